The first-order chi connectivity index (χ1) is 6.97. The molecule has 0 atom stereocenters. The van der Waals surface area contributed by atoms with Crippen LogP contribution in [0.2, 0.25) is 5.02 Å². The molecule has 15 heavy (non-hydrogen) atoms. The monoisotopic (exact) mass is 238 g/mol. The Morgan fingerprint density at radius 3 is 2.67 bits per heavy atom. The molecule has 0 unspecified atom stereocenters. The quantitative estimate of drug-likeness (QED) is 0.600. The van der Waals surface area contributed by atoms with Crippen LogP contribution in [0.3, 0.4) is 0 Å². The maximum absolute atomic E-state index is 12.4. The average Bonchev–Trinajstić information content (AvgIpc) is 2.15. The van der Waals surface area contributed by atoms with Gasteiger partial charge in [0.2, 0.25) is 5.88 Å². The van der Waals surface area contributed by atoms with Crippen LogP contribution in [0.15, 0.2) is 6.07 Å². The van der Waals surface area contributed by atoms with Crippen molar-refractivity contribution in [1.82, 2.24) is 4.98 Å². The molecule has 0 saturated carbocycles. The summed E-state index contributed by atoms with van der Waals surface area (Å²) in [6, 6.07) is 1.01. The van der Waals surface area contributed by atoms with Crippen molar-refractivity contribution >= 4 is 17.3 Å². The third-order valence-electron chi connectivity index (χ3n) is 1.55. The number of rotatable bonds is 3. The molecule has 1 rings (SSSR count). The van der Waals surface area contributed by atoms with Gasteiger partial charge in [0.15, 0.2) is 5.69 Å². The molecule has 0 spiro atoms. The van der Waals surface area contributed by atoms with Gasteiger partial charge in [-0.25, -0.2) is 13.8 Å². The summed E-state index contributed by atoms with van der Waals surface area (Å²) in [6.45, 7) is 0. The third kappa shape index (κ3) is 2.30. The van der Waals surface area contributed by atoms with E-state index >= 15 is 0 Å². The number of nitrogens with zero attached hydrogens (tertiary/aromatic N) is 2. The van der Waals surface area contributed by atoms with Gasteiger partial charge in [-0.3, -0.25) is 10.1 Å². The van der Waals surface area contributed by atoms with E-state index in [2.05, 4.69) is 9.72 Å². The van der Waals surface area contributed by atoms with E-state index in [1.54, 1.807) is 0 Å². The van der Waals surface area contributed by atoms with Crippen molar-refractivity contribution in [2.24, 2.45) is 0 Å². The number of alkyl halides is 2. The summed E-state index contributed by atoms with van der Waals surface area (Å²) in [4.78, 5) is 12.7. The van der Waals surface area contributed by atoms with Crippen molar-refractivity contribution in [2.45, 2.75) is 6.43 Å². The Labute approximate surface area is 87.8 Å². The molecule has 5 nitrogen and oxygen atoms in total. The standard InChI is InChI=1S/C7H5ClF2N2O3/c1-15-4-2-3(8)6(12(13)14)5(11-4)7(9)10/h2,7H,1H3. The van der Waals surface area contributed by atoms with Gasteiger partial charge < -0.3 is 4.74 Å². The lowest BCUT2D eigenvalue weighted by Crippen LogP contribution is -2.02. The minimum absolute atomic E-state index is 0.194. The number of nitro groups is 1. The number of ether oxygens (including phenoxy) is 1. The van der Waals surface area contributed by atoms with Crippen LogP contribution in [-0.2, 0) is 0 Å². The second kappa shape index (κ2) is 4.35. The average molecular weight is 239 g/mol. The van der Waals surface area contributed by atoms with Gasteiger partial charge in [0.1, 0.15) is 5.02 Å². The van der Waals surface area contributed by atoms with Crippen LogP contribution >= 0.6 is 11.6 Å². The summed E-state index contributed by atoms with van der Waals surface area (Å²) < 4.78 is 29.4. The maximum Gasteiger partial charge on any atom is 0.315 e. The molecule has 0 amide bonds. The summed E-state index contributed by atoms with van der Waals surface area (Å²) in [6.07, 6.45) is -3.09. The molecule has 1 heterocycles. The first kappa shape index (κ1) is 11.6. The number of hydrogen-bond acceptors (Lipinski definition) is 4. The van der Waals surface area contributed by atoms with E-state index in [0.29, 0.717) is 0 Å². The lowest BCUT2D eigenvalue weighted by Gasteiger charge is -2.05. The highest BCUT2D eigenvalue weighted by molar-refractivity contribution is 6.32. The third-order valence-corrected chi connectivity index (χ3v) is 1.84. The Hall–Kier alpha value is -1.50. The Kier molecular flexibility index (Phi) is 3.35. The fourth-order valence-corrected chi connectivity index (χ4v) is 1.20. The Morgan fingerprint density at radius 2 is 2.27 bits per heavy atom. The fraction of sp³-hybridized carbons (Fsp3) is 0.286. The zero-order valence-corrected chi connectivity index (χ0v) is 8.16. The van der Waals surface area contributed by atoms with Gasteiger partial charge in [0.05, 0.1) is 12.0 Å². The number of methoxy groups -OCH3 is 1. The zero-order valence-electron chi connectivity index (χ0n) is 7.41. The van der Waals surface area contributed by atoms with E-state index in [0.717, 1.165) is 6.07 Å². The topological polar surface area (TPSA) is 65.3 Å². The second-order valence-corrected chi connectivity index (χ2v) is 2.85. The fourth-order valence-electron chi connectivity index (χ4n) is 0.941. The molecule has 0 aliphatic carbocycles. The summed E-state index contributed by atoms with van der Waals surface area (Å²) in [5, 5.41) is 10.0. The molecule has 0 aliphatic heterocycles. The highest BCUT2D eigenvalue weighted by Crippen LogP contribution is 2.35. The van der Waals surface area contributed by atoms with E-state index in [1.165, 1.54) is 7.11 Å². The number of hydrogen-bond donors (Lipinski definition) is 0. The smallest absolute Gasteiger partial charge is 0.315 e. The van der Waals surface area contributed by atoms with Crippen LogP contribution in [0.25, 0.3) is 0 Å². The van der Waals surface area contributed by atoms with E-state index in [-0.39, 0.29) is 5.88 Å². The highest BCUT2D eigenvalue weighted by Gasteiger charge is 2.28. The van der Waals surface area contributed by atoms with E-state index in [4.69, 9.17) is 11.6 Å². The molecule has 0 aromatic carbocycles. The molecule has 82 valence electrons. The van der Waals surface area contributed by atoms with Crippen LogP contribution in [0.1, 0.15) is 12.1 Å². The normalized spacial score (nSPS) is 10.5. The van der Waals surface area contributed by atoms with E-state index in [1.807, 2.05) is 0 Å². The molecular formula is C7H5ClF2N2O3. The molecule has 1 aromatic heterocycles. The molecule has 0 N–H and O–H groups in total. The number of halogens is 3. The zero-order chi connectivity index (χ0) is 11.6. The van der Waals surface area contributed by atoms with Crippen molar-refractivity contribution in [3.8, 4) is 5.88 Å². The van der Waals surface area contributed by atoms with Crippen LogP contribution in [0, 0.1) is 10.1 Å². The molecule has 0 bridgehead atoms. The van der Waals surface area contributed by atoms with Gasteiger partial charge in [-0.05, 0) is 0 Å². The van der Waals surface area contributed by atoms with E-state index in [9.17, 15) is 18.9 Å². The molecule has 0 saturated heterocycles. The molecule has 0 fully saturated rings. The van der Waals surface area contributed by atoms with Crippen LogP contribution < -0.4 is 4.74 Å². The van der Waals surface area contributed by atoms with E-state index < -0.39 is 27.8 Å². The van der Waals surface area contributed by atoms with Gasteiger partial charge in [-0.15, -0.1) is 0 Å². The Balaban J connectivity index is 3.42. The number of aromatic nitrogens is 1. The predicted molar refractivity (Wildman–Crippen MR) is 47.4 cm³/mol. The molecule has 0 radical (unpaired) electrons. The molecular weight excluding hydrogens is 234 g/mol. The first-order valence-corrected chi connectivity index (χ1v) is 4.02. The van der Waals surface area contributed by atoms with Gasteiger partial charge in [-0.1, -0.05) is 11.6 Å². The van der Waals surface area contributed by atoms with Gasteiger partial charge >= 0.3 is 5.69 Å². The summed E-state index contributed by atoms with van der Waals surface area (Å²) in [7, 11) is 1.19. The van der Waals surface area contributed by atoms with Gasteiger partial charge in [0, 0.05) is 6.07 Å². The highest BCUT2D eigenvalue weighted by atomic mass is 35.5. The molecule has 1 aromatic rings. The summed E-state index contributed by atoms with van der Waals surface area (Å²) in [5.74, 6) is -0.194. The Morgan fingerprint density at radius 1 is 1.67 bits per heavy atom. The van der Waals surface area contributed by atoms with Crippen LogP contribution in [0.5, 0.6) is 5.88 Å². The summed E-state index contributed by atoms with van der Waals surface area (Å²) >= 11 is 5.46. The predicted octanol–water partition coefficient (Wildman–Crippen LogP) is 2.59. The SMILES string of the molecule is COc1cc(Cl)c([N+](=O)[O-])c(C(F)F)n1. The van der Waals surface area contributed by atoms with Crippen LogP contribution in [-0.4, -0.2) is 17.0 Å². The number of pyridine rings is 1. The lowest BCUT2D eigenvalue weighted by atomic mass is 10.3. The van der Waals surface area contributed by atoms with Crippen molar-refractivity contribution in [1.29, 1.82) is 0 Å². The lowest BCUT2D eigenvalue weighted by molar-refractivity contribution is -0.386. The minimum atomic E-state index is -3.09. The maximum atomic E-state index is 12.4. The van der Waals surface area contributed by atoms with Crippen molar-refractivity contribution < 1.29 is 18.4 Å². The molecule has 8 heteroatoms. The van der Waals surface area contributed by atoms with Crippen molar-refractivity contribution in [2.75, 3.05) is 7.11 Å². The Bertz CT molecular complexity index is 400. The van der Waals surface area contributed by atoms with Gasteiger partial charge in [0.25, 0.3) is 6.43 Å². The van der Waals surface area contributed by atoms with Gasteiger partial charge in [-0.2, -0.15) is 0 Å². The summed E-state index contributed by atoms with van der Waals surface area (Å²) in [5.41, 5.74) is -1.89. The van der Waals surface area contributed by atoms with Crippen molar-refractivity contribution in [3.63, 3.8) is 0 Å². The molecule has 0 aliphatic rings. The second-order valence-electron chi connectivity index (χ2n) is 2.44. The minimum Gasteiger partial charge on any atom is -0.481 e. The largest absolute Gasteiger partial charge is 0.481 e. The van der Waals surface area contributed by atoms with Crippen LogP contribution in [0.4, 0.5) is 14.5 Å². The first-order valence-electron chi connectivity index (χ1n) is 3.64. The van der Waals surface area contributed by atoms with Crippen molar-refractivity contribution in [3.05, 3.63) is 26.9 Å².